The molecule has 0 radical (unpaired) electrons. The van der Waals surface area contributed by atoms with E-state index >= 15 is 0 Å². The third kappa shape index (κ3) is 24.9. The Morgan fingerprint density at radius 2 is 0.825 bits per heavy atom. The fourth-order valence-electron chi connectivity index (χ4n) is 15.6. The summed E-state index contributed by atoms with van der Waals surface area (Å²) < 4.78 is 71.6. The lowest BCUT2D eigenvalue weighted by molar-refractivity contribution is -0.145. The molecule has 0 spiro atoms. The number of benzene rings is 5. The molecule has 622 valence electrons. The maximum atomic E-state index is 13.5. The first-order valence-corrected chi connectivity index (χ1v) is 42.0. The Kier molecular flexibility index (Phi) is 36.1. The molecule has 0 saturated carbocycles. The highest BCUT2D eigenvalue weighted by molar-refractivity contribution is 9.11. The molecule has 9 aliphatic heterocycles. The number of amides is 3. The number of hydrogen-bond donors (Lipinski definition) is 5. The van der Waals surface area contributed by atoms with Gasteiger partial charge in [-0.15, -0.1) is 0 Å². The van der Waals surface area contributed by atoms with Crippen LogP contribution in [0.2, 0.25) is 0 Å². The number of carbonyl (C=O) groups is 7. The molecule has 4 atom stereocenters. The number of nitrogens with zero attached hydrogens (tertiary/aromatic N) is 2. The standard InChI is InChI=1S/C22H29NO6.C21H28N2O6.C16H22BrNO4.C16H21NO4.C9H8Br2O2/c1-26-22(25)17-2-3-18-13-23(21(24)16-6-10-28-11-7-16)19(14-29-20(18)12-17)15-4-8-27-9-5-15;24-20(22-26)16-1-2-17-12-23(21(25)15-5-9-28-10-6-15)18(13-29-19(17)11-16)14-3-7-27-8-4-14;1-21-16(20)12-2-3-13(14(17)8-12)9-18-15(10-19)11-4-6-22-7-5-11;1-19-16(18)12-2-3-13-9-17-14(10-21-15(13)8-12)11-4-6-20-7-5-11;1-13-9(12)6-2-3-7(5-10)8(11)4-6/h2-3,12,15-16,19H,4-11,13-14H2,1H3;1-2,11,14-15,18,26H,3-10,12-13H2,(H,22,24);2-3,8,11,15,18-19H,4-7,9-10H2,1H3;2-3,8,11,14,17H,4-7,9-10H2,1H3;2-4H,5H2,1H3. The summed E-state index contributed by atoms with van der Waals surface area (Å²) in [5, 5.41) is 26.2. The highest BCUT2D eigenvalue weighted by Crippen LogP contribution is 2.38. The van der Waals surface area contributed by atoms with Crippen molar-refractivity contribution in [1.29, 1.82) is 0 Å². The summed E-state index contributed by atoms with van der Waals surface area (Å²) in [5.41, 5.74) is 9.04. The van der Waals surface area contributed by atoms with Gasteiger partial charge in [0.05, 0.1) is 69.4 Å². The normalized spacial score (nSPS) is 20.7. The monoisotopic (exact) mass is 1780 g/mol. The summed E-state index contributed by atoms with van der Waals surface area (Å²) in [6.45, 7) is 12.5. The van der Waals surface area contributed by atoms with E-state index in [0.29, 0.717) is 148 Å². The lowest BCUT2D eigenvalue weighted by Gasteiger charge is -2.39. The van der Waals surface area contributed by atoms with E-state index < -0.39 is 11.9 Å². The molecule has 9 heterocycles. The van der Waals surface area contributed by atoms with E-state index in [9.17, 15) is 38.7 Å². The number of methoxy groups -OCH3 is 4. The topological polar surface area (TPSA) is 323 Å². The fourth-order valence-corrected chi connectivity index (χ4v) is 17.5. The van der Waals surface area contributed by atoms with Gasteiger partial charge in [-0.3, -0.25) is 19.6 Å². The van der Waals surface area contributed by atoms with Crippen LogP contribution < -0.4 is 30.3 Å². The molecule has 9 aliphatic rings. The summed E-state index contributed by atoms with van der Waals surface area (Å²) in [6.07, 6.45) is 10.8. The van der Waals surface area contributed by atoms with Crippen LogP contribution >= 0.6 is 47.8 Å². The summed E-state index contributed by atoms with van der Waals surface area (Å²) in [6, 6.07) is 27.0. The van der Waals surface area contributed by atoms with E-state index in [4.69, 9.17) is 62.0 Å². The summed E-state index contributed by atoms with van der Waals surface area (Å²) in [7, 11) is 5.49. The van der Waals surface area contributed by atoms with Crippen molar-refractivity contribution in [2.75, 3.05) is 134 Å². The lowest BCUT2D eigenvalue weighted by Crippen LogP contribution is -2.50. The number of esters is 4. The molecule has 27 nitrogen and oxygen atoms in total. The van der Waals surface area contributed by atoms with Gasteiger partial charge in [-0.1, -0.05) is 78.1 Å². The van der Waals surface area contributed by atoms with Crippen LogP contribution in [0.5, 0.6) is 17.2 Å². The smallest absolute Gasteiger partial charge is 0.337 e. The highest BCUT2D eigenvalue weighted by atomic mass is 79.9. The molecule has 4 unspecified atom stereocenters. The number of ether oxygens (including phenoxy) is 13. The predicted octanol–water partition coefficient (Wildman–Crippen LogP) is 11.2. The average molecular weight is 1780 g/mol. The number of carbonyl (C=O) groups excluding carboxylic acids is 7. The summed E-state index contributed by atoms with van der Waals surface area (Å²) in [5.74, 6) is 2.08. The van der Waals surface area contributed by atoms with Gasteiger partial charge in [0, 0.05) is 166 Å². The number of alkyl halides is 1. The molecule has 6 fully saturated rings. The summed E-state index contributed by atoms with van der Waals surface area (Å²) >= 11 is 10.2. The minimum absolute atomic E-state index is 0.00184. The van der Waals surface area contributed by atoms with E-state index in [2.05, 4.69) is 63.2 Å². The Morgan fingerprint density at radius 3 is 1.24 bits per heavy atom. The molecule has 3 amide bonds. The van der Waals surface area contributed by atoms with Gasteiger partial charge in [0.1, 0.15) is 37.1 Å². The number of aliphatic hydroxyl groups excluding tert-OH is 1. The number of halogens is 3. The number of rotatable bonds is 16. The van der Waals surface area contributed by atoms with E-state index in [0.717, 1.165) is 171 Å². The van der Waals surface area contributed by atoms with Crippen LogP contribution in [-0.4, -0.2) is 220 Å². The zero-order valence-corrected chi connectivity index (χ0v) is 70.1. The highest BCUT2D eigenvalue weighted by Gasteiger charge is 2.41. The van der Waals surface area contributed by atoms with Crippen LogP contribution in [0.4, 0.5) is 0 Å². The number of fused-ring (bicyclic) bond motifs is 3. The Labute approximate surface area is 691 Å². The van der Waals surface area contributed by atoms with Crippen LogP contribution in [-0.2, 0) is 88.5 Å². The van der Waals surface area contributed by atoms with Crippen molar-refractivity contribution in [3.63, 3.8) is 0 Å². The van der Waals surface area contributed by atoms with Crippen molar-refractivity contribution in [2.45, 2.75) is 133 Å². The van der Waals surface area contributed by atoms with Gasteiger partial charge in [-0.25, -0.2) is 24.7 Å². The molecular weight excluding hydrogens is 1670 g/mol. The lowest BCUT2D eigenvalue weighted by atomic mass is 9.89. The van der Waals surface area contributed by atoms with E-state index in [-0.39, 0.29) is 66.3 Å². The summed E-state index contributed by atoms with van der Waals surface area (Å²) in [4.78, 5) is 88.9. The first-order chi connectivity index (χ1) is 55.4. The fraction of sp³-hybridized carbons (Fsp3) is 0.560. The van der Waals surface area contributed by atoms with Crippen molar-refractivity contribution in [3.8, 4) is 17.2 Å². The Hall–Kier alpha value is -7.17. The van der Waals surface area contributed by atoms with E-state index in [1.165, 1.54) is 28.4 Å². The minimum Gasteiger partial charge on any atom is -0.492 e. The van der Waals surface area contributed by atoms with E-state index in [1.807, 2.05) is 34.1 Å². The van der Waals surface area contributed by atoms with Crippen LogP contribution in [0.1, 0.15) is 157 Å². The van der Waals surface area contributed by atoms with Gasteiger partial charge >= 0.3 is 23.9 Å². The van der Waals surface area contributed by atoms with E-state index in [1.54, 1.807) is 72.2 Å². The van der Waals surface area contributed by atoms with Crippen molar-refractivity contribution in [1.82, 2.24) is 25.9 Å². The largest absolute Gasteiger partial charge is 0.492 e. The third-order valence-electron chi connectivity index (χ3n) is 22.5. The number of aliphatic hydroxyl groups is 1. The number of hydroxylamine groups is 1. The van der Waals surface area contributed by atoms with Gasteiger partial charge < -0.3 is 87.1 Å². The molecule has 5 aromatic carbocycles. The first-order valence-electron chi connectivity index (χ1n) is 39.3. The van der Waals surface area contributed by atoms with Crippen molar-refractivity contribution >= 4 is 89.4 Å². The van der Waals surface area contributed by atoms with Crippen molar-refractivity contribution in [3.05, 3.63) is 156 Å². The Balaban J connectivity index is 0.000000154. The van der Waals surface area contributed by atoms with Gasteiger partial charge in [-0.2, -0.15) is 0 Å². The Bertz CT molecular complexity index is 3850. The second-order valence-corrected chi connectivity index (χ2v) is 31.6. The SMILES string of the molecule is COC(=O)c1ccc(CBr)c(Br)c1.COC(=O)c1ccc(CNC(CO)C2CCOCC2)c(Br)c1.COC(=O)c1ccc2c(c1)OCC(C1CCOCC1)N(C(=O)C1CCOCC1)C2.COC(=O)c1ccc2c(c1)OCC(C1CCOCC1)NC2.O=C(NO)c1ccc2c(c1)OCC(C1CCOCC1)N(C(=O)C1CCOCC1)C2. The van der Waals surface area contributed by atoms with Crippen LogP contribution in [0.15, 0.2) is 99.9 Å². The molecule has 0 bridgehead atoms. The number of hydrogen-bond acceptors (Lipinski definition) is 24. The van der Waals surface area contributed by atoms with Gasteiger partial charge in [0.15, 0.2) is 0 Å². The van der Waals surface area contributed by atoms with Crippen LogP contribution in [0.3, 0.4) is 0 Å². The number of nitrogens with one attached hydrogen (secondary N) is 3. The Morgan fingerprint density at radius 1 is 0.465 bits per heavy atom. The van der Waals surface area contributed by atoms with Gasteiger partial charge in [-0.05, 0) is 173 Å². The molecule has 114 heavy (non-hydrogen) atoms. The maximum Gasteiger partial charge on any atom is 0.337 e. The maximum absolute atomic E-state index is 13.5. The molecule has 14 rings (SSSR count). The second-order valence-electron chi connectivity index (χ2n) is 29.4. The van der Waals surface area contributed by atoms with Gasteiger partial charge in [0.2, 0.25) is 11.8 Å². The first kappa shape index (κ1) is 89.2. The molecule has 6 saturated heterocycles. The van der Waals surface area contributed by atoms with Crippen molar-refractivity contribution in [2.24, 2.45) is 35.5 Å². The molecule has 0 aliphatic carbocycles. The average Bonchev–Trinajstić information content (AvgIpc) is 1.63. The molecule has 5 N–H and O–H groups in total. The predicted molar refractivity (Wildman–Crippen MR) is 430 cm³/mol. The van der Waals surface area contributed by atoms with Crippen molar-refractivity contribution < 1.29 is 105 Å². The molecule has 0 aromatic heterocycles. The second kappa shape index (κ2) is 46.1. The zero-order valence-electron chi connectivity index (χ0n) is 65.4. The zero-order chi connectivity index (χ0) is 80.9. The molecule has 30 heteroatoms. The minimum atomic E-state index is -0.586. The van der Waals surface area contributed by atoms with Gasteiger partial charge in [0.25, 0.3) is 5.91 Å². The quantitative estimate of drug-likeness (QED) is 0.0201. The third-order valence-corrected chi connectivity index (χ3v) is 24.6. The van der Waals surface area contributed by atoms with Crippen LogP contribution in [0.25, 0.3) is 0 Å². The molecule has 5 aromatic rings. The van der Waals surface area contributed by atoms with Crippen LogP contribution in [0, 0.1) is 35.5 Å². The molecular formula is C84H108Br3N5O22.